The van der Waals surface area contributed by atoms with Crippen molar-refractivity contribution in [2.45, 2.75) is 6.04 Å². The highest BCUT2D eigenvalue weighted by atomic mass is 16.6. The van der Waals surface area contributed by atoms with Crippen molar-refractivity contribution in [3.05, 3.63) is 48.3 Å². The summed E-state index contributed by atoms with van der Waals surface area (Å²) in [5.41, 5.74) is 1.30. The Balaban J connectivity index is 1.67. The molecule has 0 saturated carbocycles. The Morgan fingerprint density at radius 1 is 1.32 bits per heavy atom. The van der Waals surface area contributed by atoms with E-state index in [2.05, 4.69) is 0 Å². The molecule has 3 aliphatic rings. The number of rotatable bonds is 1. The predicted octanol–water partition coefficient (Wildman–Crippen LogP) is 0.371. The Labute approximate surface area is 144 Å². The molecule has 1 saturated heterocycles. The van der Waals surface area contributed by atoms with E-state index in [4.69, 9.17) is 9.47 Å². The van der Waals surface area contributed by atoms with Gasteiger partial charge in [0.05, 0.1) is 13.2 Å². The molecule has 0 spiro atoms. The molecule has 2 aliphatic heterocycles. The molecule has 25 heavy (non-hydrogen) atoms. The summed E-state index contributed by atoms with van der Waals surface area (Å²) >= 11 is 0. The molecule has 1 aromatic carbocycles. The van der Waals surface area contributed by atoms with Crippen LogP contribution in [0.5, 0.6) is 0 Å². The second-order valence-corrected chi connectivity index (χ2v) is 5.96. The Morgan fingerprint density at radius 3 is 2.88 bits per heavy atom. The highest BCUT2D eigenvalue weighted by Gasteiger charge is 2.48. The zero-order chi connectivity index (χ0) is 17.4. The van der Waals surface area contributed by atoms with Crippen molar-refractivity contribution >= 4 is 23.2 Å². The molecule has 130 valence electrons. The lowest BCUT2D eigenvalue weighted by Crippen LogP contribution is -3.11. The van der Waals surface area contributed by atoms with Crippen molar-refractivity contribution in [2.24, 2.45) is 0 Å². The maximum atomic E-state index is 12.4. The summed E-state index contributed by atoms with van der Waals surface area (Å²) in [6.07, 6.45) is 4.56. The van der Waals surface area contributed by atoms with E-state index >= 15 is 0 Å². The number of allylic oxidation sites excluding steroid dienone is 2. The van der Waals surface area contributed by atoms with Crippen LogP contribution in [-0.4, -0.2) is 64.2 Å². The first-order chi connectivity index (χ1) is 12.2. The Kier molecular flexibility index (Phi) is 4.00. The number of ether oxygens (including phenoxy) is 2. The van der Waals surface area contributed by atoms with Crippen LogP contribution in [0.25, 0.3) is 0 Å². The van der Waals surface area contributed by atoms with E-state index in [1.54, 1.807) is 47.4 Å². The maximum Gasteiger partial charge on any atom is 0.415 e. The molecule has 0 radical (unpaired) electrons. The lowest BCUT2D eigenvalue weighted by molar-refractivity contribution is -1.05. The smallest absolute Gasteiger partial charge is 0.403 e. The van der Waals surface area contributed by atoms with Crippen molar-refractivity contribution in [2.75, 3.05) is 26.3 Å². The summed E-state index contributed by atoms with van der Waals surface area (Å²) in [6, 6.07) is 6.40. The Hall–Kier alpha value is -2.68. The second kappa shape index (κ2) is 6.32. The van der Waals surface area contributed by atoms with Gasteiger partial charge in [0.1, 0.15) is 0 Å². The number of carbonyl (C=O) groups excluding carboxylic acids is 1. The van der Waals surface area contributed by atoms with E-state index in [-0.39, 0.29) is 10.8 Å². The molecule has 4 rings (SSSR count). The Bertz CT molecular complexity index is 795. The van der Waals surface area contributed by atoms with E-state index in [9.17, 15) is 15.2 Å². The fraction of sp³-hybridized carbons (Fsp3) is 0.294. The summed E-state index contributed by atoms with van der Waals surface area (Å²) in [5.74, 6) is 0.215. The molecular weight excluding hydrogens is 326 g/mol. The first-order valence-corrected chi connectivity index (χ1v) is 8.11. The number of fused-ring (bicyclic) bond motifs is 2. The molecule has 0 bridgehead atoms. The number of hydrogen-bond donors (Lipinski definition) is 3. The van der Waals surface area contributed by atoms with Gasteiger partial charge in [-0.1, -0.05) is 18.2 Å². The van der Waals surface area contributed by atoms with Crippen LogP contribution in [0, 0.1) is 0 Å². The van der Waals surface area contributed by atoms with Gasteiger partial charge in [-0.2, -0.15) is 0 Å². The van der Waals surface area contributed by atoms with E-state index in [1.807, 2.05) is 0 Å². The van der Waals surface area contributed by atoms with Crippen molar-refractivity contribution in [3.63, 3.8) is 0 Å². The van der Waals surface area contributed by atoms with Gasteiger partial charge in [-0.25, -0.2) is 10.0 Å². The number of hydroxylamine groups is 1. The van der Waals surface area contributed by atoms with Gasteiger partial charge in [0.15, 0.2) is 0 Å². The fourth-order valence-electron chi connectivity index (χ4n) is 3.20. The number of para-hydroxylation sites is 2. The van der Waals surface area contributed by atoms with Gasteiger partial charge in [-0.3, -0.25) is 5.21 Å². The zero-order valence-corrected chi connectivity index (χ0v) is 13.5. The van der Waals surface area contributed by atoms with Gasteiger partial charge in [0, 0.05) is 30.0 Å². The van der Waals surface area contributed by atoms with Crippen LogP contribution in [0.2, 0.25) is 0 Å². The number of morpholine rings is 1. The third kappa shape index (κ3) is 2.70. The van der Waals surface area contributed by atoms with Crippen molar-refractivity contribution < 1.29 is 34.5 Å². The molecule has 0 aromatic heterocycles. The SMILES string of the molecule is O=C(OC1=CC=CC2C1=[N+](O)c1ccccc1[NH+]2O)N1CCOCC1. The number of carbonyl (C=O) groups is 1. The predicted molar refractivity (Wildman–Crippen MR) is 85.4 cm³/mol. The van der Waals surface area contributed by atoms with Crippen molar-refractivity contribution in [3.8, 4) is 0 Å². The van der Waals surface area contributed by atoms with Gasteiger partial charge in [-0.15, -0.1) is 5.06 Å². The van der Waals surface area contributed by atoms with Gasteiger partial charge in [0.2, 0.25) is 17.5 Å². The van der Waals surface area contributed by atoms with Gasteiger partial charge in [-0.05, 0) is 12.2 Å². The third-order valence-electron chi connectivity index (χ3n) is 4.50. The normalized spacial score (nSPS) is 25.2. The average molecular weight is 345 g/mol. The summed E-state index contributed by atoms with van der Waals surface area (Å²) in [5, 5.41) is 21.3. The highest BCUT2D eigenvalue weighted by Crippen LogP contribution is 2.27. The molecule has 2 heterocycles. The molecule has 1 aromatic rings. The minimum absolute atomic E-state index is 0.111. The number of amides is 1. The monoisotopic (exact) mass is 345 g/mol. The molecule has 8 heteroatoms. The standard InChI is InChI=1S/C17H18N3O5/c21-17(18-8-10-24-11-9-18)25-15-7-3-6-14-16(15)20(23)13-5-2-1-4-12(13)19(14)22/h1-7,14,22-23H,8-11H2/q+1/p+1. The van der Waals surface area contributed by atoms with E-state index in [1.165, 1.54) is 0 Å². The van der Waals surface area contributed by atoms with Gasteiger partial charge in [0.25, 0.3) is 0 Å². The van der Waals surface area contributed by atoms with Crippen LogP contribution in [0.3, 0.4) is 0 Å². The van der Waals surface area contributed by atoms with Gasteiger partial charge >= 0.3 is 17.5 Å². The molecule has 8 nitrogen and oxygen atoms in total. The number of nitrogens with zero attached hydrogens (tertiary/aromatic N) is 2. The van der Waals surface area contributed by atoms with Crippen LogP contribution in [0.4, 0.5) is 16.2 Å². The lowest BCUT2D eigenvalue weighted by atomic mass is 10.0. The molecule has 1 amide bonds. The molecule has 3 N–H and O–H groups in total. The number of nitrogens with one attached hydrogen (secondary N) is 1. The summed E-state index contributed by atoms with van der Waals surface area (Å²) < 4.78 is 11.7. The third-order valence-corrected chi connectivity index (χ3v) is 4.50. The van der Waals surface area contributed by atoms with Crippen LogP contribution in [-0.2, 0) is 9.47 Å². The topological polar surface area (TPSA) is 86.7 Å². The van der Waals surface area contributed by atoms with E-state index in [0.29, 0.717) is 43.4 Å². The highest BCUT2D eigenvalue weighted by molar-refractivity contribution is 6.03. The molecule has 2 atom stereocenters. The first kappa shape index (κ1) is 15.8. The van der Waals surface area contributed by atoms with Crippen LogP contribution in [0.15, 0.2) is 48.3 Å². The van der Waals surface area contributed by atoms with Crippen molar-refractivity contribution in [1.82, 2.24) is 4.90 Å². The number of benzene rings is 1. The first-order valence-electron chi connectivity index (χ1n) is 8.11. The summed E-state index contributed by atoms with van der Waals surface area (Å²) in [6.45, 7) is 1.87. The number of quaternary nitrogens is 1. The molecule has 1 aliphatic carbocycles. The van der Waals surface area contributed by atoms with Crippen LogP contribution >= 0.6 is 0 Å². The molecule has 1 fully saturated rings. The second-order valence-electron chi connectivity index (χ2n) is 5.96. The minimum Gasteiger partial charge on any atom is -0.403 e. The number of hydrogen-bond acceptors (Lipinski definition) is 5. The summed E-state index contributed by atoms with van der Waals surface area (Å²) in [7, 11) is 0. The average Bonchev–Trinajstić information content (AvgIpc) is 2.66. The largest absolute Gasteiger partial charge is 0.415 e. The molecular formula is C17H19N3O5+2. The Morgan fingerprint density at radius 2 is 2.08 bits per heavy atom. The van der Waals surface area contributed by atoms with E-state index in [0.717, 1.165) is 4.74 Å². The van der Waals surface area contributed by atoms with Crippen molar-refractivity contribution in [1.29, 1.82) is 0 Å². The quantitative estimate of drug-likeness (QED) is 0.506. The lowest BCUT2D eigenvalue weighted by Gasteiger charge is -2.28. The van der Waals surface area contributed by atoms with Gasteiger partial charge < -0.3 is 14.4 Å². The summed E-state index contributed by atoms with van der Waals surface area (Å²) in [4.78, 5) is 13.9. The van der Waals surface area contributed by atoms with Crippen LogP contribution < -0.4 is 5.06 Å². The van der Waals surface area contributed by atoms with Crippen LogP contribution in [0.1, 0.15) is 0 Å². The maximum absolute atomic E-state index is 12.4. The van der Waals surface area contributed by atoms with E-state index < -0.39 is 12.1 Å². The molecule has 2 unspecified atom stereocenters. The zero-order valence-electron chi connectivity index (χ0n) is 13.5. The fourth-order valence-corrected chi connectivity index (χ4v) is 3.20. The minimum atomic E-state index is -0.572.